The van der Waals surface area contributed by atoms with Crippen molar-refractivity contribution in [3.05, 3.63) is 70.8 Å². The second-order valence-electron chi connectivity index (χ2n) is 8.63. The van der Waals surface area contributed by atoms with Gasteiger partial charge >= 0.3 is 0 Å². The van der Waals surface area contributed by atoms with Crippen molar-refractivity contribution in [1.29, 1.82) is 0 Å². The summed E-state index contributed by atoms with van der Waals surface area (Å²) in [5.74, 6) is 0.342. The van der Waals surface area contributed by atoms with E-state index in [4.69, 9.17) is 9.94 Å². The minimum Gasteiger partial charge on any atom is -0.492 e. The maximum Gasteiger partial charge on any atom is 0.267 e. The highest BCUT2D eigenvalue weighted by atomic mass is 16.5. The van der Waals surface area contributed by atoms with Crippen molar-refractivity contribution in [3.63, 3.8) is 0 Å². The maximum atomic E-state index is 11.2. The minimum absolute atomic E-state index is 0.127. The molecule has 0 saturated heterocycles. The first-order chi connectivity index (χ1) is 16.0. The third-order valence-corrected chi connectivity index (χ3v) is 6.00. The van der Waals surface area contributed by atoms with Gasteiger partial charge < -0.3 is 14.7 Å². The Morgan fingerprint density at radius 3 is 2.64 bits per heavy atom. The number of likely N-dealkylation sites (N-methyl/N-ethyl adjacent to an activating group) is 1. The van der Waals surface area contributed by atoms with Crippen molar-refractivity contribution in [2.75, 3.05) is 46.9 Å². The highest BCUT2D eigenvalue weighted by Gasteiger charge is 2.27. The molecule has 0 aliphatic heterocycles. The summed E-state index contributed by atoms with van der Waals surface area (Å²) in [6.45, 7) is 3.18. The topological polar surface area (TPSA) is 85.3 Å². The number of hydrogen-bond donors (Lipinski definition) is 3. The van der Waals surface area contributed by atoms with Crippen LogP contribution in [0.15, 0.2) is 48.5 Å². The van der Waals surface area contributed by atoms with E-state index >= 15 is 0 Å². The second kappa shape index (κ2) is 12.5. The number of nitrogens with zero attached hydrogens (tertiary/aromatic N) is 2. The Balaban J connectivity index is 1.60. The first-order valence-electron chi connectivity index (χ1n) is 11.5. The Kier molecular flexibility index (Phi) is 9.45. The van der Waals surface area contributed by atoms with Gasteiger partial charge in [0.15, 0.2) is 0 Å². The summed E-state index contributed by atoms with van der Waals surface area (Å²) in [5, 5.41) is 18.3. The second-order valence-corrected chi connectivity index (χ2v) is 8.63. The molecule has 1 unspecified atom stereocenters. The van der Waals surface area contributed by atoms with E-state index in [9.17, 15) is 9.90 Å². The van der Waals surface area contributed by atoms with Crippen LogP contribution in [0.25, 0.3) is 6.08 Å². The standard InChI is InChI=1S/C26H35N3O4/c1-28(2)16-18-33-23-8-3-20(4-9-23)13-14-29(15-17-30)25-11-7-22-19-21(5-10-24(22)25)6-12-26(31)27-32/h3-6,8-10,12,19,25,30,32H,7,11,13-18H2,1-2H3,(H,27,31). The molecule has 0 heterocycles. The van der Waals surface area contributed by atoms with Crippen LogP contribution in [0.3, 0.4) is 0 Å². The predicted octanol–water partition coefficient (Wildman–Crippen LogP) is 2.67. The van der Waals surface area contributed by atoms with Crippen LogP contribution in [0.5, 0.6) is 5.75 Å². The molecule has 0 bridgehead atoms. The predicted molar refractivity (Wildman–Crippen MR) is 129 cm³/mol. The van der Waals surface area contributed by atoms with Gasteiger partial charge in [0.2, 0.25) is 0 Å². The highest BCUT2D eigenvalue weighted by Crippen LogP contribution is 2.36. The number of hydrogen-bond acceptors (Lipinski definition) is 6. The molecule has 0 spiro atoms. The van der Waals surface area contributed by atoms with Crippen LogP contribution in [0.4, 0.5) is 0 Å². The van der Waals surface area contributed by atoms with Gasteiger partial charge in [-0.3, -0.25) is 14.9 Å². The molecule has 1 atom stereocenters. The molecule has 7 heteroatoms. The SMILES string of the molecule is CN(C)CCOc1ccc(CCN(CCO)C2CCc3cc(C=CC(=O)NO)ccc32)cc1. The number of nitrogens with one attached hydrogen (secondary N) is 1. The number of benzene rings is 2. The Bertz CT molecular complexity index is 928. The van der Waals surface area contributed by atoms with Crippen LogP contribution in [0.2, 0.25) is 0 Å². The summed E-state index contributed by atoms with van der Waals surface area (Å²) in [5.41, 5.74) is 6.34. The number of aliphatic hydroxyl groups is 1. The molecule has 0 radical (unpaired) electrons. The Morgan fingerprint density at radius 1 is 1.15 bits per heavy atom. The molecular weight excluding hydrogens is 418 g/mol. The number of carbonyl (C=O) groups is 1. The number of carbonyl (C=O) groups excluding carboxylic acids is 1. The number of amides is 1. The molecule has 3 rings (SSSR count). The first kappa shape index (κ1) is 24.9. The molecule has 1 aliphatic rings. The lowest BCUT2D eigenvalue weighted by Gasteiger charge is -2.29. The molecule has 1 amide bonds. The third kappa shape index (κ3) is 7.40. The first-order valence-corrected chi connectivity index (χ1v) is 11.5. The molecule has 3 N–H and O–H groups in total. The smallest absolute Gasteiger partial charge is 0.267 e. The lowest BCUT2D eigenvalue weighted by atomic mass is 10.0. The van der Waals surface area contributed by atoms with E-state index in [1.54, 1.807) is 11.6 Å². The van der Waals surface area contributed by atoms with Crippen LogP contribution in [-0.4, -0.2) is 73.0 Å². The molecule has 2 aromatic rings. The molecule has 1 aliphatic carbocycles. The zero-order chi connectivity index (χ0) is 23.6. The molecule has 2 aromatic carbocycles. The fourth-order valence-corrected chi connectivity index (χ4v) is 4.23. The number of fused-ring (bicyclic) bond motifs is 1. The molecule has 178 valence electrons. The average Bonchev–Trinajstić information content (AvgIpc) is 3.24. The van der Waals surface area contributed by atoms with Gasteiger partial charge in [-0.05, 0) is 73.8 Å². The maximum absolute atomic E-state index is 11.2. The van der Waals surface area contributed by atoms with Crippen molar-refractivity contribution in [3.8, 4) is 5.75 Å². The molecule has 7 nitrogen and oxygen atoms in total. The number of rotatable bonds is 12. The Hall–Kier alpha value is -2.71. The number of aryl methyl sites for hydroxylation is 1. The van der Waals surface area contributed by atoms with E-state index in [0.717, 1.165) is 43.7 Å². The molecule has 33 heavy (non-hydrogen) atoms. The number of aliphatic hydroxyl groups excluding tert-OH is 1. The van der Waals surface area contributed by atoms with Gasteiger partial charge in [0.1, 0.15) is 12.4 Å². The zero-order valence-corrected chi connectivity index (χ0v) is 19.5. The third-order valence-electron chi connectivity index (χ3n) is 6.00. The van der Waals surface area contributed by atoms with E-state index in [0.29, 0.717) is 13.2 Å². The quantitative estimate of drug-likeness (QED) is 0.260. The molecular formula is C26H35N3O4. The Labute approximate surface area is 196 Å². The molecule has 0 fully saturated rings. The minimum atomic E-state index is -0.546. The van der Waals surface area contributed by atoms with Crippen LogP contribution >= 0.6 is 0 Å². The average molecular weight is 454 g/mol. The summed E-state index contributed by atoms with van der Waals surface area (Å²) in [7, 11) is 4.06. The highest BCUT2D eigenvalue weighted by molar-refractivity contribution is 5.90. The van der Waals surface area contributed by atoms with Gasteiger partial charge in [0.05, 0.1) is 6.61 Å². The van der Waals surface area contributed by atoms with E-state index in [1.165, 1.54) is 22.8 Å². The van der Waals surface area contributed by atoms with Gasteiger partial charge in [0, 0.05) is 31.8 Å². The van der Waals surface area contributed by atoms with Gasteiger partial charge in [-0.2, -0.15) is 0 Å². The van der Waals surface area contributed by atoms with Gasteiger partial charge in [-0.15, -0.1) is 0 Å². The monoisotopic (exact) mass is 453 g/mol. The van der Waals surface area contributed by atoms with Crippen LogP contribution < -0.4 is 10.2 Å². The zero-order valence-electron chi connectivity index (χ0n) is 19.5. The van der Waals surface area contributed by atoms with Gasteiger partial charge in [0.25, 0.3) is 5.91 Å². The summed E-state index contributed by atoms with van der Waals surface area (Å²) in [6, 6.07) is 14.8. The van der Waals surface area contributed by atoms with Crippen LogP contribution in [-0.2, 0) is 17.6 Å². The van der Waals surface area contributed by atoms with Gasteiger partial charge in [-0.25, -0.2) is 5.48 Å². The van der Waals surface area contributed by atoms with E-state index in [1.807, 2.05) is 32.3 Å². The van der Waals surface area contributed by atoms with Crippen molar-refractivity contribution in [2.45, 2.75) is 25.3 Å². The van der Waals surface area contributed by atoms with Crippen LogP contribution in [0, 0.1) is 0 Å². The Morgan fingerprint density at radius 2 is 1.94 bits per heavy atom. The number of hydroxylamine groups is 1. The van der Waals surface area contributed by atoms with E-state index in [-0.39, 0.29) is 12.6 Å². The lowest BCUT2D eigenvalue weighted by molar-refractivity contribution is -0.124. The normalized spacial score (nSPS) is 15.4. The van der Waals surface area contributed by atoms with Gasteiger partial charge in [-0.1, -0.05) is 30.3 Å². The molecule has 0 aromatic heterocycles. The fraction of sp³-hybridized carbons (Fsp3) is 0.423. The lowest BCUT2D eigenvalue weighted by Crippen LogP contribution is -2.32. The van der Waals surface area contributed by atoms with Crippen molar-refractivity contribution >= 4 is 12.0 Å². The van der Waals surface area contributed by atoms with E-state index < -0.39 is 5.91 Å². The summed E-state index contributed by atoms with van der Waals surface area (Å²) in [4.78, 5) is 15.7. The van der Waals surface area contributed by atoms with Crippen LogP contribution in [0.1, 0.15) is 34.7 Å². The largest absolute Gasteiger partial charge is 0.492 e. The summed E-state index contributed by atoms with van der Waals surface area (Å²) < 4.78 is 5.78. The fourth-order valence-electron chi connectivity index (χ4n) is 4.23. The number of ether oxygens (including phenoxy) is 1. The van der Waals surface area contributed by atoms with Crippen molar-refractivity contribution in [1.82, 2.24) is 15.3 Å². The van der Waals surface area contributed by atoms with E-state index in [2.05, 4.69) is 34.1 Å². The summed E-state index contributed by atoms with van der Waals surface area (Å²) >= 11 is 0. The molecule has 0 saturated carbocycles. The summed E-state index contributed by atoms with van der Waals surface area (Å²) in [6.07, 6.45) is 5.89. The van der Waals surface area contributed by atoms with Crippen molar-refractivity contribution in [2.24, 2.45) is 0 Å². The van der Waals surface area contributed by atoms with Crippen molar-refractivity contribution < 1.29 is 19.8 Å².